The third-order valence-corrected chi connectivity index (χ3v) is 5.64. The molecule has 30 heavy (non-hydrogen) atoms. The number of fused-ring (bicyclic) bond motifs is 1. The summed E-state index contributed by atoms with van der Waals surface area (Å²) >= 11 is 0. The zero-order chi connectivity index (χ0) is 20.5. The summed E-state index contributed by atoms with van der Waals surface area (Å²) < 4.78 is 2.22. The molecule has 0 atom stereocenters. The molecule has 0 saturated carbocycles. The molecule has 4 aromatic carbocycles. The van der Waals surface area contributed by atoms with E-state index in [1.54, 1.807) is 0 Å². The minimum absolute atomic E-state index is 0.977. The predicted octanol–water partition coefficient (Wildman–Crippen LogP) is 6.37. The first kappa shape index (κ1) is 18.3. The highest BCUT2D eigenvalue weighted by Gasteiger charge is 2.23. The van der Waals surface area contributed by atoms with Crippen LogP contribution in [0.4, 0.5) is 0 Å². The molecule has 1 aromatic heterocycles. The van der Waals surface area contributed by atoms with Gasteiger partial charge in [0.15, 0.2) is 6.20 Å². The Morgan fingerprint density at radius 3 is 2.17 bits per heavy atom. The van der Waals surface area contributed by atoms with Crippen LogP contribution in [0, 0.1) is 6.92 Å². The molecule has 0 aliphatic rings. The van der Waals surface area contributed by atoms with E-state index in [1.807, 2.05) is 6.07 Å². The van der Waals surface area contributed by atoms with Gasteiger partial charge in [-0.05, 0) is 29.3 Å². The van der Waals surface area contributed by atoms with Gasteiger partial charge in [-0.25, -0.2) is 4.98 Å². The predicted molar refractivity (Wildman–Crippen MR) is 124 cm³/mol. The molecule has 1 heterocycles. The van der Waals surface area contributed by atoms with Crippen molar-refractivity contribution in [3.63, 3.8) is 0 Å². The number of hydrogen-bond donors (Lipinski definition) is 0. The Balaban J connectivity index is 1.82. The zero-order valence-corrected chi connectivity index (χ0v) is 17.2. The second-order valence-electron chi connectivity index (χ2n) is 7.64. The van der Waals surface area contributed by atoms with Crippen LogP contribution in [-0.2, 0) is 7.05 Å². The average Bonchev–Trinajstić information content (AvgIpc) is 2.79. The fourth-order valence-corrected chi connectivity index (χ4v) is 4.15. The second kappa shape index (κ2) is 7.57. The van der Waals surface area contributed by atoms with Crippen LogP contribution in [0.25, 0.3) is 44.5 Å². The highest BCUT2D eigenvalue weighted by Crippen LogP contribution is 2.33. The second-order valence-corrected chi connectivity index (χ2v) is 7.64. The lowest BCUT2D eigenvalue weighted by Gasteiger charge is -2.12. The summed E-state index contributed by atoms with van der Waals surface area (Å²) in [7, 11) is 2.12. The topological polar surface area (TPSA) is 16.8 Å². The largest absolute Gasteiger partial charge is 0.239 e. The SMILES string of the molecule is Cc1ccccc1-c1c(-c2ccccc2)nc(-c2cccc3ccccc23)c[n+]1C. The van der Waals surface area contributed by atoms with Gasteiger partial charge in [0.2, 0.25) is 5.69 Å². The summed E-state index contributed by atoms with van der Waals surface area (Å²) in [5.74, 6) is 0. The van der Waals surface area contributed by atoms with Gasteiger partial charge in [-0.2, -0.15) is 4.57 Å². The third kappa shape index (κ3) is 3.17. The van der Waals surface area contributed by atoms with Gasteiger partial charge in [0.1, 0.15) is 18.4 Å². The van der Waals surface area contributed by atoms with E-state index in [4.69, 9.17) is 4.98 Å². The Kier molecular flexibility index (Phi) is 4.61. The van der Waals surface area contributed by atoms with Crippen LogP contribution in [0.3, 0.4) is 0 Å². The highest BCUT2D eigenvalue weighted by atomic mass is 15.0. The summed E-state index contributed by atoms with van der Waals surface area (Å²) in [6, 6.07) is 33.9. The molecule has 0 spiro atoms. The third-order valence-electron chi connectivity index (χ3n) is 5.64. The smallest absolute Gasteiger partial charge is 0.234 e. The fraction of sp³-hybridized carbons (Fsp3) is 0.0714. The van der Waals surface area contributed by atoms with Crippen molar-refractivity contribution < 1.29 is 4.57 Å². The Morgan fingerprint density at radius 2 is 1.33 bits per heavy atom. The Hall–Kier alpha value is -3.78. The lowest BCUT2D eigenvalue weighted by atomic mass is 9.98. The zero-order valence-electron chi connectivity index (χ0n) is 17.2. The Labute approximate surface area is 177 Å². The van der Waals surface area contributed by atoms with Gasteiger partial charge in [-0.3, -0.25) is 0 Å². The van der Waals surface area contributed by atoms with Gasteiger partial charge in [0, 0.05) is 11.1 Å². The van der Waals surface area contributed by atoms with Crippen LogP contribution in [0.1, 0.15) is 5.56 Å². The number of benzene rings is 4. The van der Waals surface area contributed by atoms with Crippen molar-refractivity contribution in [1.29, 1.82) is 0 Å². The van der Waals surface area contributed by atoms with Gasteiger partial charge < -0.3 is 0 Å². The van der Waals surface area contributed by atoms with Crippen molar-refractivity contribution in [1.82, 2.24) is 4.98 Å². The maximum absolute atomic E-state index is 5.22. The average molecular weight is 388 g/mol. The first-order valence-electron chi connectivity index (χ1n) is 10.2. The number of nitrogens with zero attached hydrogens (tertiary/aromatic N) is 2. The van der Waals surface area contributed by atoms with Crippen molar-refractivity contribution in [2.45, 2.75) is 6.92 Å². The fourth-order valence-electron chi connectivity index (χ4n) is 4.15. The molecule has 2 nitrogen and oxygen atoms in total. The van der Waals surface area contributed by atoms with E-state index in [2.05, 4.69) is 116 Å². The standard InChI is InChI=1S/C28H23N2/c1-20-11-6-8-16-23(20)28-27(22-13-4-3-5-14-22)29-26(19-30(28)2)25-18-10-15-21-12-7-9-17-24(21)25/h3-19H,1-2H3/q+1. The van der Waals surface area contributed by atoms with E-state index in [9.17, 15) is 0 Å². The Bertz CT molecular complexity index is 1350. The number of aryl methyl sites for hydroxylation is 2. The van der Waals surface area contributed by atoms with Gasteiger partial charge in [0.25, 0.3) is 0 Å². The van der Waals surface area contributed by atoms with Crippen LogP contribution >= 0.6 is 0 Å². The van der Waals surface area contributed by atoms with E-state index in [-0.39, 0.29) is 0 Å². The first-order chi connectivity index (χ1) is 14.7. The molecule has 0 saturated heterocycles. The normalized spacial score (nSPS) is 11.0. The maximum Gasteiger partial charge on any atom is 0.239 e. The number of rotatable bonds is 3. The molecule has 0 radical (unpaired) electrons. The molecule has 0 fully saturated rings. The molecule has 5 aromatic rings. The summed E-state index contributed by atoms with van der Waals surface area (Å²) in [4.78, 5) is 5.22. The summed E-state index contributed by atoms with van der Waals surface area (Å²) in [6.07, 6.45) is 2.15. The molecule has 0 aliphatic carbocycles. The van der Waals surface area contributed by atoms with Crippen molar-refractivity contribution >= 4 is 10.8 Å². The molecule has 0 N–H and O–H groups in total. The van der Waals surface area contributed by atoms with Gasteiger partial charge in [-0.1, -0.05) is 91.0 Å². The van der Waals surface area contributed by atoms with E-state index in [1.165, 1.54) is 21.9 Å². The minimum atomic E-state index is 0.977. The number of hydrogen-bond acceptors (Lipinski definition) is 1. The minimum Gasteiger partial charge on any atom is -0.234 e. The Morgan fingerprint density at radius 1 is 0.667 bits per heavy atom. The molecule has 0 bridgehead atoms. The molecule has 5 rings (SSSR count). The monoisotopic (exact) mass is 387 g/mol. The lowest BCUT2D eigenvalue weighted by Crippen LogP contribution is -2.32. The van der Waals surface area contributed by atoms with E-state index < -0.39 is 0 Å². The molecule has 0 amide bonds. The first-order valence-corrected chi connectivity index (χ1v) is 10.2. The highest BCUT2D eigenvalue weighted by molar-refractivity contribution is 5.96. The molecular formula is C28H23N2+. The molecule has 2 heteroatoms. The van der Waals surface area contributed by atoms with Crippen LogP contribution < -0.4 is 4.57 Å². The summed E-state index contributed by atoms with van der Waals surface area (Å²) in [5.41, 5.74) is 7.82. The van der Waals surface area contributed by atoms with Gasteiger partial charge >= 0.3 is 0 Å². The number of aromatic nitrogens is 2. The van der Waals surface area contributed by atoms with Crippen molar-refractivity contribution in [2.75, 3.05) is 0 Å². The van der Waals surface area contributed by atoms with Crippen LogP contribution in [0.5, 0.6) is 0 Å². The van der Waals surface area contributed by atoms with Crippen molar-refractivity contribution in [3.8, 4) is 33.8 Å². The van der Waals surface area contributed by atoms with Gasteiger partial charge in [0.05, 0.1) is 5.56 Å². The van der Waals surface area contributed by atoms with E-state index in [0.717, 1.165) is 28.2 Å². The molecule has 0 unspecified atom stereocenters. The van der Waals surface area contributed by atoms with Crippen LogP contribution in [-0.4, -0.2) is 4.98 Å². The van der Waals surface area contributed by atoms with E-state index in [0.29, 0.717) is 0 Å². The molecule has 144 valence electrons. The molecular weight excluding hydrogens is 364 g/mol. The van der Waals surface area contributed by atoms with Crippen LogP contribution in [0.15, 0.2) is 103 Å². The van der Waals surface area contributed by atoms with Crippen molar-refractivity contribution in [3.05, 3.63) is 109 Å². The summed E-state index contributed by atoms with van der Waals surface area (Å²) in [5, 5.41) is 2.44. The van der Waals surface area contributed by atoms with E-state index >= 15 is 0 Å². The molecule has 0 aliphatic heterocycles. The van der Waals surface area contributed by atoms with Gasteiger partial charge in [-0.15, -0.1) is 0 Å². The summed E-state index contributed by atoms with van der Waals surface area (Å²) in [6.45, 7) is 2.16. The van der Waals surface area contributed by atoms with Crippen molar-refractivity contribution in [2.24, 2.45) is 7.05 Å². The van der Waals surface area contributed by atoms with Crippen LogP contribution in [0.2, 0.25) is 0 Å². The maximum atomic E-state index is 5.22. The quantitative estimate of drug-likeness (QED) is 0.329. The lowest BCUT2D eigenvalue weighted by molar-refractivity contribution is -0.659.